The first-order valence-electron chi connectivity index (χ1n) is 7.39. The van der Waals surface area contributed by atoms with Gasteiger partial charge in [-0.15, -0.1) is 0 Å². The quantitative estimate of drug-likeness (QED) is 0.776. The molecule has 0 saturated carbocycles. The molecular formula is C18H18N4O. The van der Waals surface area contributed by atoms with Crippen LogP contribution < -0.4 is 5.32 Å². The van der Waals surface area contributed by atoms with Gasteiger partial charge >= 0.3 is 0 Å². The van der Waals surface area contributed by atoms with Crippen LogP contribution in [0.3, 0.4) is 0 Å². The number of hydrogen-bond donors (Lipinski definition) is 2. The highest BCUT2D eigenvalue weighted by Crippen LogP contribution is 2.23. The Hall–Kier alpha value is -2.95. The van der Waals surface area contributed by atoms with Crippen LogP contribution in [-0.4, -0.2) is 21.1 Å². The van der Waals surface area contributed by atoms with E-state index >= 15 is 0 Å². The zero-order valence-corrected chi connectivity index (χ0v) is 13.3. The van der Waals surface area contributed by atoms with Gasteiger partial charge in [-0.1, -0.05) is 17.7 Å². The number of aromatic nitrogens is 3. The monoisotopic (exact) mass is 306 g/mol. The maximum absolute atomic E-state index is 12.5. The summed E-state index contributed by atoms with van der Waals surface area (Å²) in [5.41, 5.74) is 6.18. The zero-order chi connectivity index (χ0) is 16.4. The lowest BCUT2D eigenvalue weighted by molar-refractivity contribution is 0.102. The summed E-state index contributed by atoms with van der Waals surface area (Å²) in [4.78, 5) is 16.4. The summed E-state index contributed by atoms with van der Waals surface area (Å²) in [6.07, 6.45) is 3.39. The van der Waals surface area contributed by atoms with Crippen LogP contribution in [0.15, 0.2) is 42.7 Å². The first-order chi connectivity index (χ1) is 11.0. The van der Waals surface area contributed by atoms with Crippen molar-refractivity contribution in [3.8, 4) is 11.3 Å². The number of aromatic amines is 1. The number of nitrogens with one attached hydrogen (secondary N) is 2. The highest BCUT2D eigenvalue weighted by molar-refractivity contribution is 6.04. The van der Waals surface area contributed by atoms with Gasteiger partial charge in [0.1, 0.15) is 5.69 Å². The third-order valence-corrected chi connectivity index (χ3v) is 3.71. The van der Waals surface area contributed by atoms with Crippen molar-refractivity contribution in [2.75, 3.05) is 5.32 Å². The predicted octanol–water partition coefficient (Wildman–Crippen LogP) is 3.65. The number of anilines is 1. The molecule has 2 heterocycles. The molecule has 5 heteroatoms. The van der Waals surface area contributed by atoms with Gasteiger partial charge in [0.05, 0.1) is 5.69 Å². The summed E-state index contributed by atoms with van der Waals surface area (Å²) in [7, 11) is 0. The Balaban J connectivity index is 1.84. The Morgan fingerprint density at radius 1 is 1.04 bits per heavy atom. The number of amides is 1. The van der Waals surface area contributed by atoms with E-state index < -0.39 is 0 Å². The Labute approximate surface area is 134 Å². The Kier molecular flexibility index (Phi) is 3.93. The van der Waals surface area contributed by atoms with Crippen molar-refractivity contribution in [3.63, 3.8) is 0 Å². The van der Waals surface area contributed by atoms with Crippen LogP contribution in [0.4, 0.5) is 5.69 Å². The number of nitrogens with zero attached hydrogens (tertiary/aromatic N) is 2. The number of hydrogen-bond acceptors (Lipinski definition) is 3. The fraction of sp³-hybridized carbons (Fsp3) is 0.167. The number of pyridine rings is 1. The number of carbonyl (C=O) groups excluding carboxylic acids is 1. The fourth-order valence-electron chi connectivity index (χ4n) is 2.67. The molecule has 2 N–H and O–H groups in total. The SMILES string of the molecule is Cc1cc(C)c(NC(=O)c2cc(-c3ccncc3)n[nH]2)c(C)c1. The molecule has 1 aromatic carbocycles. The van der Waals surface area contributed by atoms with Gasteiger partial charge in [0.15, 0.2) is 0 Å². The predicted molar refractivity (Wildman–Crippen MR) is 90.4 cm³/mol. The zero-order valence-electron chi connectivity index (χ0n) is 13.3. The van der Waals surface area contributed by atoms with Gasteiger partial charge in [0.2, 0.25) is 0 Å². The van der Waals surface area contributed by atoms with Gasteiger partial charge in [-0.2, -0.15) is 5.10 Å². The molecule has 5 nitrogen and oxygen atoms in total. The molecule has 0 bridgehead atoms. The van der Waals surface area contributed by atoms with E-state index in [0.717, 1.165) is 28.1 Å². The topological polar surface area (TPSA) is 70.7 Å². The second kappa shape index (κ2) is 6.04. The molecule has 0 saturated heterocycles. The molecule has 0 aliphatic heterocycles. The van der Waals surface area contributed by atoms with Crippen LogP contribution in [0.2, 0.25) is 0 Å². The van der Waals surface area contributed by atoms with Gasteiger partial charge in [0, 0.05) is 23.6 Å². The molecule has 0 atom stereocenters. The van der Waals surface area contributed by atoms with E-state index in [1.807, 2.05) is 32.9 Å². The van der Waals surface area contributed by atoms with Gasteiger partial charge in [-0.05, 0) is 50.1 Å². The molecule has 116 valence electrons. The summed E-state index contributed by atoms with van der Waals surface area (Å²) < 4.78 is 0. The molecule has 0 spiro atoms. The number of benzene rings is 1. The van der Waals surface area contributed by atoms with Crippen LogP contribution in [0.1, 0.15) is 27.2 Å². The molecule has 0 aliphatic carbocycles. The second-order valence-corrected chi connectivity index (χ2v) is 5.63. The molecule has 3 aromatic rings. The van der Waals surface area contributed by atoms with E-state index in [0.29, 0.717) is 5.69 Å². The maximum Gasteiger partial charge on any atom is 0.273 e. The van der Waals surface area contributed by atoms with Crippen molar-refractivity contribution in [1.29, 1.82) is 0 Å². The average Bonchev–Trinajstić information content (AvgIpc) is 3.01. The minimum Gasteiger partial charge on any atom is -0.320 e. The number of rotatable bonds is 3. The molecule has 0 unspecified atom stereocenters. The first-order valence-corrected chi connectivity index (χ1v) is 7.39. The minimum absolute atomic E-state index is 0.201. The van der Waals surface area contributed by atoms with Gasteiger partial charge < -0.3 is 5.32 Å². The van der Waals surface area contributed by atoms with Crippen LogP contribution in [-0.2, 0) is 0 Å². The molecule has 0 fully saturated rings. The van der Waals surface area contributed by atoms with Crippen molar-refractivity contribution in [1.82, 2.24) is 15.2 Å². The molecule has 3 rings (SSSR count). The molecule has 2 aromatic heterocycles. The van der Waals surface area contributed by atoms with E-state index in [4.69, 9.17) is 0 Å². The van der Waals surface area contributed by atoms with Crippen LogP contribution in [0.25, 0.3) is 11.3 Å². The lowest BCUT2D eigenvalue weighted by atomic mass is 10.0. The van der Waals surface area contributed by atoms with Gasteiger partial charge in [-0.3, -0.25) is 14.9 Å². The maximum atomic E-state index is 12.5. The second-order valence-electron chi connectivity index (χ2n) is 5.63. The minimum atomic E-state index is -0.201. The van der Waals surface area contributed by atoms with E-state index in [9.17, 15) is 4.79 Å². The molecule has 1 amide bonds. The van der Waals surface area contributed by atoms with Crippen molar-refractivity contribution in [3.05, 3.63) is 65.1 Å². The largest absolute Gasteiger partial charge is 0.320 e. The summed E-state index contributed by atoms with van der Waals surface area (Å²) >= 11 is 0. The number of aryl methyl sites for hydroxylation is 3. The molecule has 0 aliphatic rings. The van der Waals surface area contributed by atoms with E-state index in [2.05, 4.69) is 32.6 Å². The smallest absolute Gasteiger partial charge is 0.273 e. The van der Waals surface area contributed by atoms with Gasteiger partial charge in [-0.25, -0.2) is 0 Å². The van der Waals surface area contributed by atoms with E-state index in [1.165, 1.54) is 5.56 Å². The van der Waals surface area contributed by atoms with Crippen molar-refractivity contribution >= 4 is 11.6 Å². The third-order valence-electron chi connectivity index (χ3n) is 3.71. The van der Waals surface area contributed by atoms with Crippen LogP contribution >= 0.6 is 0 Å². The standard InChI is InChI=1S/C18H18N4O/c1-11-8-12(2)17(13(3)9-11)20-18(23)16-10-15(21-22-16)14-4-6-19-7-5-14/h4-10H,1-3H3,(H,20,23)(H,21,22). The summed E-state index contributed by atoms with van der Waals surface area (Å²) in [6.45, 7) is 6.03. The first kappa shape index (κ1) is 15.0. The molecular weight excluding hydrogens is 288 g/mol. The lowest BCUT2D eigenvalue weighted by Crippen LogP contribution is -2.14. The van der Waals surface area contributed by atoms with E-state index in [-0.39, 0.29) is 5.91 Å². The highest BCUT2D eigenvalue weighted by Gasteiger charge is 2.13. The van der Waals surface area contributed by atoms with Crippen molar-refractivity contribution in [2.24, 2.45) is 0 Å². The van der Waals surface area contributed by atoms with Crippen molar-refractivity contribution in [2.45, 2.75) is 20.8 Å². The molecule has 23 heavy (non-hydrogen) atoms. The summed E-state index contributed by atoms with van der Waals surface area (Å²) in [5, 5.41) is 9.95. The third kappa shape index (κ3) is 3.13. The van der Waals surface area contributed by atoms with Crippen molar-refractivity contribution < 1.29 is 4.79 Å². The Morgan fingerprint density at radius 2 is 1.70 bits per heavy atom. The van der Waals surface area contributed by atoms with E-state index in [1.54, 1.807) is 18.5 Å². The Bertz CT molecular complexity index is 829. The number of H-pyrrole nitrogens is 1. The van der Waals surface area contributed by atoms with Crippen LogP contribution in [0, 0.1) is 20.8 Å². The summed E-state index contributed by atoms with van der Waals surface area (Å²) in [6, 6.07) is 9.55. The van der Waals surface area contributed by atoms with Gasteiger partial charge in [0.25, 0.3) is 5.91 Å². The number of carbonyl (C=O) groups is 1. The lowest BCUT2D eigenvalue weighted by Gasteiger charge is -2.12. The molecule has 0 radical (unpaired) electrons. The normalized spacial score (nSPS) is 10.6. The van der Waals surface area contributed by atoms with Crippen LogP contribution in [0.5, 0.6) is 0 Å². The average molecular weight is 306 g/mol. The highest BCUT2D eigenvalue weighted by atomic mass is 16.1. The fourth-order valence-corrected chi connectivity index (χ4v) is 2.67. The summed E-state index contributed by atoms with van der Waals surface area (Å²) in [5.74, 6) is -0.201. The Morgan fingerprint density at radius 3 is 2.35 bits per heavy atom.